The molecule has 1 aliphatic heterocycles. The van der Waals surface area contributed by atoms with Crippen molar-refractivity contribution in [3.05, 3.63) is 0 Å². The first kappa shape index (κ1) is 9.36. The van der Waals surface area contributed by atoms with Gasteiger partial charge in [0.25, 0.3) is 0 Å². The quantitative estimate of drug-likeness (QED) is 0.647. The van der Waals surface area contributed by atoms with Crippen molar-refractivity contribution in [2.75, 3.05) is 25.9 Å². The minimum absolute atomic E-state index is 0.772. The van der Waals surface area contributed by atoms with Crippen LogP contribution in [-0.4, -0.2) is 36.2 Å². The first-order valence-electron chi connectivity index (χ1n) is 4.40. The lowest BCUT2D eigenvalue weighted by atomic mass is 10.3. The number of nitrogens with zero attached hydrogens (tertiary/aromatic N) is 1. The van der Waals surface area contributed by atoms with Crippen LogP contribution in [0.25, 0.3) is 0 Å². The summed E-state index contributed by atoms with van der Waals surface area (Å²) in [5.41, 5.74) is 0. The maximum absolute atomic E-state index is 3.49. The van der Waals surface area contributed by atoms with Crippen LogP contribution in [0.4, 0.5) is 0 Å². The minimum Gasteiger partial charge on any atom is -0.313 e. The summed E-state index contributed by atoms with van der Waals surface area (Å²) in [6.07, 6.45) is 2.73. The second-order valence-corrected chi connectivity index (χ2v) is 4.25. The van der Waals surface area contributed by atoms with E-state index in [0.29, 0.717) is 0 Å². The molecule has 1 rings (SSSR count). The van der Waals surface area contributed by atoms with Gasteiger partial charge in [-0.1, -0.05) is 18.9 Å². The van der Waals surface area contributed by atoms with Gasteiger partial charge < -0.3 is 5.32 Å². The van der Waals surface area contributed by atoms with Gasteiger partial charge in [-0.25, -0.2) is 0 Å². The number of hydrogen-bond acceptors (Lipinski definition) is 3. The van der Waals surface area contributed by atoms with Crippen LogP contribution in [0.3, 0.4) is 0 Å². The van der Waals surface area contributed by atoms with Gasteiger partial charge in [-0.05, 0) is 26.4 Å². The van der Waals surface area contributed by atoms with E-state index < -0.39 is 0 Å². The molecule has 66 valence electrons. The Balaban J connectivity index is 2.01. The second-order valence-electron chi connectivity index (χ2n) is 3.03. The number of nitrogens with one attached hydrogen (secondary N) is 1. The molecule has 1 heterocycles. The maximum atomic E-state index is 3.49. The fourth-order valence-electron chi connectivity index (χ4n) is 1.21. The van der Waals surface area contributed by atoms with Crippen molar-refractivity contribution in [2.45, 2.75) is 25.8 Å². The fourth-order valence-corrected chi connectivity index (χ4v) is 2.11. The molecule has 0 aromatic rings. The molecular formula is C8H18N2S. The largest absolute Gasteiger partial charge is 0.313 e. The highest BCUT2D eigenvalue weighted by Gasteiger charge is 2.13. The van der Waals surface area contributed by atoms with E-state index in [9.17, 15) is 0 Å². The predicted octanol–water partition coefficient (Wildman–Crippen LogP) is 1.34. The highest BCUT2D eigenvalue weighted by atomic mass is 32.2. The Morgan fingerprint density at radius 2 is 2.45 bits per heavy atom. The molecule has 3 heteroatoms. The molecule has 0 aromatic carbocycles. The smallest absolute Gasteiger partial charge is 0.0235 e. The average molecular weight is 174 g/mol. The van der Waals surface area contributed by atoms with Crippen molar-refractivity contribution < 1.29 is 0 Å². The van der Waals surface area contributed by atoms with Gasteiger partial charge in [0.15, 0.2) is 0 Å². The number of rotatable bonds is 4. The molecule has 0 amide bonds. The lowest BCUT2D eigenvalue weighted by Crippen LogP contribution is -2.25. The maximum Gasteiger partial charge on any atom is 0.0235 e. The summed E-state index contributed by atoms with van der Waals surface area (Å²) in [5, 5.41) is 3.49. The van der Waals surface area contributed by atoms with Gasteiger partial charge in [0.2, 0.25) is 0 Å². The van der Waals surface area contributed by atoms with E-state index in [1.54, 1.807) is 0 Å². The van der Waals surface area contributed by atoms with Crippen molar-refractivity contribution in [1.82, 2.24) is 9.62 Å². The third-order valence-electron chi connectivity index (χ3n) is 2.10. The van der Waals surface area contributed by atoms with E-state index in [0.717, 1.165) is 12.6 Å². The molecule has 0 saturated carbocycles. The Morgan fingerprint density at radius 3 is 3.00 bits per heavy atom. The minimum atomic E-state index is 0.772. The van der Waals surface area contributed by atoms with Crippen molar-refractivity contribution >= 4 is 11.9 Å². The van der Waals surface area contributed by atoms with E-state index in [-0.39, 0.29) is 0 Å². The van der Waals surface area contributed by atoms with Gasteiger partial charge in [0.1, 0.15) is 0 Å². The molecule has 1 N–H and O–H groups in total. The van der Waals surface area contributed by atoms with Crippen LogP contribution in [-0.2, 0) is 0 Å². The Morgan fingerprint density at radius 1 is 1.64 bits per heavy atom. The summed E-state index contributed by atoms with van der Waals surface area (Å²) in [7, 11) is 2.15. The molecule has 0 aliphatic carbocycles. The topological polar surface area (TPSA) is 15.3 Å². The first-order chi connectivity index (χ1) is 5.33. The summed E-state index contributed by atoms with van der Waals surface area (Å²) in [6.45, 7) is 4.55. The first-order valence-corrected chi connectivity index (χ1v) is 5.34. The van der Waals surface area contributed by atoms with Gasteiger partial charge in [-0.15, -0.1) is 0 Å². The third-order valence-corrected chi connectivity index (χ3v) is 3.35. The molecule has 1 unspecified atom stereocenters. The molecule has 2 nitrogen and oxygen atoms in total. The van der Waals surface area contributed by atoms with Crippen LogP contribution >= 0.6 is 11.9 Å². The molecule has 1 atom stereocenters. The van der Waals surface area contributed by atoms with E-state index in [1.807, 2.05) is 11.9 Å². The molecule has 11 heavy (non-hydrogen) atoms. The van der Waals surface area contributed by atoms with Crippen LogP contribution in [0.1, 0.15) is 19.8 Å². The van der Waals surface area contributed by atoms with Crippen LogP contribution in [0.5, 0.6) is 0 Å². The third kappa shape index (κ3) is 3.45. The van der Waals surface area contributed by atoms with Crippen molar-refractivity contribution in [1.29, 1.82) is 0 Å². The molecule has 0 spiro atoms. The van der Waals surface area contributed by atoms with Gasteiger partial charge in [-0.3, -0.25) is 4.31 Å². The second kappa shape index (κ2) is 5.01. The van der Waals surface area contributed by atoms with Gasteiger partial charge >= 0.3 is 0 Å². The molecule has 1 saturated heterocycles. The predicted molar refractivity (Wildman–Crippen MR) is 51.8 cm³/mol. The monoisotopic (exact) mass is 174 g/mol. The zero-order valence-electron chi connectivity index (χ0n) is 7.47. The standard InChI is InChI=1S/C8H18N2S/c1-3-10(2)11-7-8-5-4-6-9-8/h8-9H,3-7H2,1-2H3. The normalized spacial score (nSPS) is 24.8. The summed E-state index contributed by atoms with van der Waals surface area (Å²) >= 11 is 1.94. The van der Waals surface area contributed by atoms with Crippen molar-refractivity contribution in [2.24, 2.45) is 0 Å². The number of hydrogen-bond donors (Lipinski definition) is 1. The Hall–Kier alpha value is 0.270. The zero-order valence-corrected chi connectivity index (χ0v) is 8.28. The van der Waals surface area contributed by atoms with Crippen molar-refractivity contribution in [3.63, 3.8) is 0 Å². The van der Waals surface area contributed by atoms with Crippen LogP contribution < -0.4 is 5.32 Å². The van der Waals surface area contributed by atoms with Crippen LogP contribution in [0, 0.1) is 0 Å². The summed E-state index contributed by atoms with van der Waals surface area (Å²) < 4.78 is 2.29. The zero-order chi connectivity index (χ0) is 8.10. The Bertz CT molecular complexity index is 102. The van der Waals surface area contributed by atoms with Crippen molar-refractivity contribution in [3.8, 4) is 0 Å². The van der Waals surface area contributed by atoms with Gasteiger partial charge in [-0.2, -0.15) is 0 Å². The fraction of sp³-hybridized carbons (Fsp3) is 1.00. The van der Waals surface area contributed by atoms with Gasteiger partial charge in [0, 0.05) is 18.3 Å². The van der Waals surface area contributed by atoms with E-state index in [4.69, 9.17) is 0 Å². The highest BCUT2D eigenvalue weighted by Crippen LogP contribution is 2.13. The summed E-state index contributed by atoms with van der Waals surface area (Å²) in [5.74, 6) is 1.24. The SMILES string of the molecule is CCN(C)SCC1CCCN1. The molecule has 0 aromatic heterocycles. The summed E-state index contributed by atoms with van der Waals surface area (Å²) in [6, 6.07) is 0.772. The molecule has 1 fully saturated rings. The van der Waals surface area contributed by atoms with E-state index >= 15 is 0 Å². The average Bonchev–Trinajstić information content (AvgIpc) is 2.52. The lowest BCUT2D eigenvalue weighted by molar-refractivity contribution is 0.591. The van der Waals surface area contributed by atoms with E-state index in [1.165, 1.54) is 25.1 Å². The molecule has 1 aliphatic rings. The Labute approximate surface area is 73.9 Å². The summed E-state index contributed by atoms with van der Waals surface area (Å²) in [4.78, 5) is 0. The van der Waals surface area contributed by atoms with Gasteiger partial charge in [0.05, 0.1) is 0 Å². The molecular weight excluding hydrogens is 156 g/mol. The van der Waals surface area contributed by atoms with E-state index in [2.05, 4.69) is 23.6 Å². The van der Waals surface area contributed by atoms with Crippen LogP contribution in [0.15, 0.2) is 0 Å². The molecule has 0 radical (unpaired) electrons. The highest BCUT2D eigenvalue weighted by molar-refractivity contribution is 7.97. The van der Waals surface area contributed by atoms with Crippen LogP contribution in [0.2, 0.25) is 0 Å². The molecule has 0 bridgehead atoms. The lowest BCUT2D eigenvalue weighted by Gasteiger charge is -2.15. The Kier molecular flexibility index (Phi) is 4.26.